The van der Waals surface area contributed by atoms with Gasteiger partial charge >= 0.3 is 33.8 Å². The number of nitrogens with two attached hydrogens (primary N) is 1. The molecule has 24 heteroatoms. The van der Waals surface area contributed by atoms with Gasteiger partial charge in [0.2, 0.25) is 5.60 Å². The van der Waals surface area contributed by atoms with Gasteiger partial charge in [0.05, 0.1) is 30.5 Å². The summed E-state index contributed by atoms with van der Waals surface area (Å²) in [6.07, 6.45) is 1.16. The highest BCUT2D eigenvalue weighted by Gasteiger charge is 2.65. The van der Waals surface area contributed by atoms with Gasteiger partial charge in [-0.1, -0.05) is 5.16 Å². The first-order valence-electron chi connectivity index (χ1n) is 14.8. The number of aliphatic carboxylic acids is 2. The molecule has 5 aliphatic heterocycles. The number of carbonyl (C=O) groups excluding carboxylic acids is 3. The van der Waals surface area contributed by atoms with Gasteiger partial charge in [-0.3, -0.25) is 14.4 Å². The van der Waals surface area contributed by atoms with Crippen molar-refractivity contribution in [2.24, 2.45) is 5.16 Å². The lowest BCUT2D eigenvalue weighted by Gasteiger charge is -2.40. The third-order valence-corrected chi connectivity index (χ3v) is 10.7. The zero-order valence-corrected chi connectivity index (χ0v) is 28.0. The molecule has 0 spiro atoms. The highest BCUT2D eigenvalue weighted by atomic mass is 32.2. The standard InChI is InChI=1S/C27H29N7O15S2/c1-25(2)11-26(22(40)41,3-4-46-25)49-31-18(14-10-50-24(28)30-14)19(37)29-13-9-47-34(20(13)38)27(23(42)43)6-15(21(39)48-27)33-7-12-5-16(35)17(36)8-32(12)51(33,44)45/h5,7-8,10,13,15,35-36H,3-4,6,9,11H2,1-2H3,(H2,28,30)(H,29,37)(H,40,41)(H,42,43)/b31-18-/t13-,15?,26?,27?/m0/s1. The van der Waals surface area contributed by atoms with Crippen LogP contribution in [0.2, 0.25) is 0 Å². The smallest absolute Gasteiger partial charge is 0.372 e. The number of nitrogens with one attached hydrogen (secondary N) is 1. The molecule has 6 rings (SSSR count). The molecule has 1 aromatic rings. The van der Waals surface area contributed by atoms with Crippen LogP contribution in [0, 0.1) is 0 Å². The molecular weight excluding hydrogens is 726 g/mol. The van der Waals surface area contributed by atoms with E-state index in [1.807, 2.05) is 0 Å². The molecule has 7 N–H and O–H groups in total. The lowest BCUT2D eigenvalue weighted by Crippen LogP contribution is -2.57. The molecule has 5 aliphatic rings. The minimum atomic E-state index is -4.66. The van der Waals surface area contributed by atoms with Gasteiger partial charge in [0.1, 0.15) is 24.4 Å². The van der Waals surface area contributed by atoms with Gasteiger partial charge < -0.3 is 45.8 Å². The number of aromatic nitrogens is 1. The number of carbonyl (C=O) groups is 5. The highest BCUT2D eigenvalue weighted by Crippen LogP contribution is 2.41. The number of nitrogens with zero attached hydrogens (tertiary/aromatic N) is 5. The molecular formula is C27H29N7O15S2. The Morgan fingerprint density at radius 1 is 1.16 bits per heavy atom. The molecule has 22 nitrogen and oxygen atoms in total. The predicted octanol–water partition coefficient (Wildman–Crippen LogP) is -1.23. The van der Waals surface area contributed by atoms with Crippen molar-refractivity contribution in [2.75, 3.05) is 18.9 Å². The molecule has 1 aromatic heterocycles. The number of aliphatic hydroxyl groups excluding tert-OH is 2. The van der Waals surface area contributed by atoms with Crippen LogP contribution in [0.3, 0.4) is 0 Å². The molecule has 274 valence electrons. The van der Waals surface area contributed by atoms with Crippen LogP contribution in [0.1, 0.15) is 38.8 Å². The van der Waals surface area contributed by atoms with Gasteiger partial charge in [-0.2, -0.15) is 13.5 Å². The second-order valence-electron chi connectivity index (χ2n) is 12.4. The molecule has 6 heterocycles. The Hall–Kier alpha value is -5.46. The Labute approximate surface area is 290 Å². The van der Waals surface area contributed by atoms with E-state index in [0.717, 1.165) is 23.6 Å². The van der Waals surface area contributed by atoms with Gasteiger partial charge in [0.25, 0.3) is 11.8 Å². The molecule has 0 aliphatic carbocycles. The third-order valence-electron chi connectivity index (χ3n) is 8.36. The fourth-order valence-electron chi connectivity index (χ4n) is 5.92. The average Bonchev–Trinajstić information content (AvgIpc) is 3.78. The maximum absolute atomic E-state index is 13.6. The first-order chi connectivity index (χ1) is 23.8. The highest BCUT2D eigenvalue weighted by molar-refractivity contribution is 7.87. The fourth-order valence-corrected chi connectivity index (χ4v) is 7.99. The summed E-state index contributed by atoms with van der Waals surface area (Å²) < 4.78 is 38.1. The fraction of sp³-hybridized carbons (Fsp3) is 0.444. The summed E-state index contributed by atoms with van der Waals surface area (Å²) in [4.78, 5) is 79.9. The number of anilines is 1. The summed E-state index contributed by atoms with van der Waals surface area (Å²) >= 11 is 0.913. The first kappa shape index (κ1) is 35.4. The summed E-state index contributed by atoms with van der Waals surface area (Å²) in [5.41, 5.74) is -0.974. The van der Waals surface area contributed by atoms with E-state index in [9.17, 15) is 52.8 Å². The van der Waals surface area contributed by atoms with Crippen LogP contribution in [-0.4, -0.2) is 125 Å². The summed E-state index contributed by atoms with van der Waals surface area (Å²) in [6, 6.07) is -3.51. The van der Waals surface area contributed by atoms with Crippen LogP contribution < -0.4 is 11.1 Å². The molecule has 51 heavy (non-hydrogen) atoms. The summed E-state index contributed by atoms with van der Waals surface area (Å²) in [5.74, 6) is -8.55. The Morgan fingerprint density at radius 2 is 1.88 bits per heavy atom. The minimum absolute atomic E-state index is 0.00117. The van der Waals surface area contributed by atoms with Crippen LogP contribution in [0.5, 0.6) is 0 Å². The normalized spacial score (nSPS) is 29.9. The predicted molar refractivity (Wildman–Crippen MR) is 165 cm³/mol. The van der Waals surface area contributed by atoms with E-state index < -0.39 is 99.2 Å². The minimum Gasteiger partial charge on any atom is -0.504 e. The van der Waals surface area contributed by atoms with Crippen molar-refractivity contribution < 1.29 is 72.0 Å². The Balaban J connectivity index is 1.23. The van der Waals surface area contributed by atoms with E-state index in [2.05, 4.69) is 15.5 Å². The molecule has 2 amide bonds. The quantitative estimate of drug-likeness (QED) is 0.0976. The zero-order chi connectivity index (χ0) is 37.3. The number of amides is 2. The summed E-state index contributed by atoms with van der Waals surface area (Å²) in [7, 11) is -4.66. The maximum Gasteiger partial charge on any atom is 0.372 e. The third kappa shape index (κ3) is 5.93. The van der Waals surface area contributed by atoms with E-state index in [1.165, 1.54) is 5.38 Å². The van der Waals surface area contributed by atoms with Crippen molar-refractivity contribution in [1.29, 1.82) is 0 Å². The summed E-state index contributed by atoms with van der Waals surface area (Å²) in [6.45, 7) is 2.60. The number of aliphatic hydroxyl groups is 2. The van der Waals surface area contributed by atoms with Crippen molar-refractivity contribution in [1.82, 2.24) is 24.0 Å². The number of ether oxygens (including phenoxy) is 2. The number of carboxylic acid groups (broad SMARTS) is 2. The maximum atomic E-state index is 13.6. The van der Waals surface area contributed by atoms with Crippen LogP contribution in [0.25, 0.3) is 0 Å². The Morgan fingerprint density at radius 3 is 2.51 bits per heavy atom. The number of esters is 1. The number of cyclic esters (lactones) is 1. The lowest BCUT2D eigenvalue weighted by atomic mass is 9.84. The van der Waals surface area contributed by atoms with Crippen LogP contribution in [0.15, 0.2) is 46.2 Å². The number of fused-ring (bicyclic) bond motifs is 1. The van der Waals surface area contributed by atoms with Crippen LogP contribution in [0.4, 0.5) is 5.13 Å². The molecule has 0 saturated carbocycles. The molecule has 0 aromatic carbocycles. The van der Waals surface area contributed by atoms with Crippen molar-refractivity contribution in [3.63, 3.8) is 0 Å². The monoisotopic (exact) mass is 755 g/mol. The van der Waals surface area contributed by atoms with E-state index in [-0.39, 0.29) is 41.0 Å². The summed E-state index contributed by atoms with van der Waals surface area (Å²) in [5, 5.41) is 47.5. The molecule has 4 atom stereocenters. The number of allylic oxidation sites excluding steroid dienone is 1. The van der Waals surface area contributed by atoms with Gasteiger partial charge in [-0.25, -0.2) is 28.0 Å². The molecule has 3 unspecified atom stereocenters. The molecule has 3 saturated heterocycles. The van der Waals surface area contributed by atoms with Crippen molar-refractivity contribution in [3.8, 4) is 0 Å². The number of hydrogen-bond acceptors (Lipinski definition) is 17. The molecule has 0 bridgehead atoms. The van der Waals surface area contributed by atoms with E-state index in [1.54, 1.807) is 13.8 Å². The topological polar surface area (TPSA) is 310 Å². The van der Waals surface area contributed by atoms with Gasteiger partial charge in [0.15, 0.2) is 22.4 Å². The van der Waals surface area contributed by atoms with Crippen molar-refractivity contribution >= 4 is 62.1 Å². The van der Waals surface area contributed by atoms with Crippen molar-refractivity contribution in [3.05, 3.63) is 46.8 Å². The number of oxime groups is 1. The lowest BCUT2D eigenvalue weighted by molar-refractivity contribution is -0.256. The number of carboxylic acids is 2. The van der Waals surface area contributed by atoms with Gasteiger partial charge in [0, 0.05) is 30.5 Å². The van der Waals surface area contributed by atoms with Gasteiger partial charge in [-0.15, -0.1) is 11.3 Å². The van der Waals surface area contributed by atoms with Crippen molar-refractivity contribution in [2.45, 2.75) is 62.1 Å². The first-order valence-corrected chi connectivity index (χ1v) is 17.0. The zero-order valence-electron chi connectivity index (χ0n) is 26.4. The van der Waals surface area contributed by atoms with Crippen LogP contribution in [-0.2, 0) is 53.3 Å². The average molecular weight is 756 g/mol. The number of thiazole rings is 1. The molecule has 3 fully saturated rings. The largest absolute Gasteiger partial charge is 0.504 e. The second kappa shape index (κ2) is 12.1. The second-order valence-corrected chi connectivity index (χ2v) is 15.0. The number of hydrogen-bond donors (Lipinski definition) is 6. The Bertz CT molecular complexity index is 1970. The van der Waals surface area contributed by atoms with E-state index >= 15 is 0 Å². The van der Waals surface area contributed by atoms with Crippen LogP contribution >= 0.6 is 11.3 Å². The number of rotatable bonds is 9. The van der Waals surface area contributed by atoms with E-state index in [4.69, 9.17) is 24.9 Å². The Kier molecular flexibility index (Phi) is 8.39. The van der Waals surface area contributed by atoms with Gasteiger partial charge in [-0.05, 0) is 13.8 Å². The van der Waals surface area contributed by atoms with E-state index in [0.29, 0.717) is 14.8 Å². The number of hydroxylamine groups is 2. The number of nitrogen functional groups attached to an aromatic ring is 1. The molecule has 0 radical (unpaired) electrons. The SMILES string of the molecule is CC1(C)CC(O/N=C(\C(=O)N[C@H]2CON(C3(C(=O)O)CC(N4C=C5C=C(O)C(O)=CN5S4(=O)=O)C(=O)O3)C2=O)c2csc(N)n2)(C(=O)O)CCO1.